The fraction of sp³-hybridized carbons (Fsp3) is 0.316. The SMILES string of the molecule is CC(=O)Nc1ccc(S(=O)(=O)N(CCN(C)C)Cc2ccccc2F)cc1. The van der Waals surface area contributed by atoms with Gasteiger partial charge in [0.2, 0.25) is 15.9 Å². The van der Waals surface area contributed by atoms with Gasteiger partial charge >= 0.3 is 0 Å². The van der Waals surface area contributed by atoms with Crippen molar-refractivity contribution in [1.29, 1.82) is 0 Å². The minimum Gasteiger partial charge on any atom is -0.326 e. The molecule has 0 fully saturated rings. The Morgan fingerprint density at radius 2 is 1.67 bits per heavy atom. The number of nitrogens with zero attached hydrogens (tertiary/aromatic N) is 2. The van der Waals surface area contributed by atoms with E-state index < -0.39 is 15.8 Å². The van der Waals surface area contributed by atoms with E-state index in [1.54, 1.807) is 18.2 Å². The number of sulfonamides is 1. The number of likely N-dealkylation sites (N-methyl/N-ethyl adjacent to an activating group) is 1. The van der Waals surface area contributed by atoms with Crippen LogP contribution in [-0.2, 0) is 21.4 Å². The van der Waals surface area contributed by atoms with Gasteiger partial charge in [-0.25, -0.2) is 12.8 Å². The van der Waals surface area contributed by atoms with E-state index in [4.69, 9.17) is 0 Å². The van der Waals surface area contributed by atoms with Gasteiger partial charge in [0.1, 0.15) is 5.82 Å². The number of hydrogen-bond donors (Lipinski definition) is 1. The minimum atomic E-state index is -3.83. The van der Waals surface area contributed by atoms with E-state index in [2.05, 4.69) is 5.32 Å². The van der Waals surface area contributed by atoms with Crippen LogP contribution in [0, 0.1) is 5.82 Å². The fourth-order valence-corrected chi connectivity index (χ4v) is 3.88. The molecule has 0 aliphatic rings. The first kappa shape index (κ1) is 21.0. The van der Waals surface area contributed by atoms with Crippen LogP contribution in [0.25, 0.3) is 0 Å². The molecule has 146 valence electrons. The van der Waals surface area contributed by atoms with E-state index in [1.807, 2.05) is 19.0 Å². The van der Waals surface area contributed by atoms with Crippen molar-refractivity contribution < 1.29 is 17.6 Å². The highest BCUT2D eigenvalue weighted by Gasteiger charge is 2.25. The summed E-state index contributed by atoms with van der Waals surface area (Å²) < 4.78 is 41.5. The Morgan fingerprint density at radius 3 is 2.22 bits per heavy atom. The van der Waals surface area contributed by atoms with Gasteiger partial charge in [-0.2, -0.15) is 4.31 Å². The number of nitrogens with one attached hydrogen (secondary N) is 1. The van der Waals surface area contributed by atoms with Gasteiger partial charge in [-0.3, -0.25) is 4.79 Å². The maximum atomic E-state index is 14.0. The average Bonchev–Trinajstić information content (AvgIpc) is 2.59. The lowest BCUT2D eigenvalue weighted by molar-refractivity contribution is -0.114. The number of anilines is 1. The maximum Gasteiger partial charge on any atom is 0.243 e. The molecule has 2 rings (SSSR count). The first-order valence-corrected chi connectivity index (χ1v) is 9.90. The van der Waals surface area contributed by atoms with Crippen LogP contribution in [0.2, 0.25) is 0 Å². The van der Waals surface area contributed by atoms with Crippen molar-refractivity contribution >= 4 is 21.6 Å². The molecule has 0 heterocycles. The molecule has 1 N–H and O–H groups in total. The Labute approximate surface area is 159 Å². The van der Waals surface area contributed by atoms with E-state index in [1.165, 1.54) is 41.6 Å². The van der Waals surface area contributed by atoms with Gasteiger partial charge < -0.3 is 10.2 Å². The number of carbonyl (C=O) groups is 1. The van der Waals surface area contributed by atoms with Crippen molar-refractivity contribution in [3.63, 3.8) is 0 Å². The zero-order valence-electron chi connectivity index (χ0n) is 15.6. The number of hydrogen-bond acceptors (Lipinski definition) is 4. The molecule has 0 spiro atoms. The molecule has 0 saturated heterocycles. The number of amides is 1. The summed E-state index contributed by atoms with van der Waals surface area (Å²) in [5.74, 6) is -0.679. The van der Waals surface area contributed by atoms with E-state index >= 15 is 0 Å². The van der Waals surface area contributed by atoms with Crippen LogP contribution in [0.15, 0.2) is 53.4 Å². The van der Waals surface area contributed by atoms with Crippen molar-refractivity contribution in [2.45, 2.75) is 18.4 Å². The molecule has 2 aromatic rings. The van der Waals surface area contributed by atoms with Crippen LogP contribution in [0.1, 0.15) is 12.5 Å². The van der Waals surface area contributed by atoms with Crippen molar-refractivity contribution in [3.05, 3.63) is 59.9 Å². The largest absolute Gasteiger partial charge is 0.326 e. The van der Waals surface area contributed by atoms with Crippen LogP contribution < -0.4 is 5.32 Å². The average molecular weight is 393 g/mol. The summed E-state index contributed by atoms with van der Waals surface area (Å²) in [5.41, 5.74) is 0.824. The molecule has 0 aliphatic heterocycles. The standard InChI is InChI=1S/C19H24FN3O3S/c1-15(24)21-17-8-10-18(11-9-17)27(25,26)23(13-12-22(2)3)14-16-6-4-5-7-19(16)20/h4-11H,12-14H2,1-3H3,(H,21,24). The van der Waals surface area contributed by atoms with Crippen LogP contribution in [-0.4, -0.2) is 50.7 Å². The molecule has 6 nitrogen and oxygen atoms in total. The molecule has 0 bridgehead atoms. The predicted molar refractivity (Wildman–Crippen MR) is 103 cm³/mol. The second-order valence-electron chi connectivity index (χ2n) is 6.44. The number of rotatable bonds is 8. The molecule has 0 aromatic heterocycles. The Kier molecular flexibility index (Phi) is 7.06. The first-order chi connectivity index (χ1) is 12.7. The third-order valence-corrected chi connectivity index (χ3v) is 5.77. The molecule has 1 amide bonds. The Morgan fingerprint density at radius 1 is 1.04 bits per heavy atom. The third kappa shape index (κ3) is 5.85. The lowest BCUT2D eigenvalue weighted by Crippen LogP contribution is -2.36. The zero-order chi connectivity index (χ0) is 20.0. The van der Waals surface area contributed by atoms with Gasteiger partial charge in [0.25, 0.3) is 0 Å². The van der Waals surface area contributed by atoms with Gasteiger partial charge in [0, 0.05) is 37.8 Å². The molecule has 0 radical (unpaired) electrons. The normalized spacial score (nSPS) is 11.8. The van der Waals surface area contributed by atoms with Crippen molar-refractivity contribution in [1.82, 2.24) is 9.21 Å². The molecule has 0 saturated carbocycles. The first-order valence-electron chi connectivity index (χ1n) is 8.46. The van der Waals surface area contributed by atoms with Gasteiger partial charge in [0.05, 0.1) is 4.90 Å². The Bertz CT molecular complexity index is 883. The monoisotopic (exact) mass is 393 g/mol. The van der Waals surface area contributed by atoms with Crippen molar-refractivity contribution in [3.8, 4) is 0 Å². The second kappa shape index (κ2) is 9.07. The highest BCUT2D eigenvalue weighted by Crippen LogP contribution is 2.21. The number of benzene rings is 2. The van der Waals surface area contributed by atoms with E-state index in [-0.39, 0.29) is 23.9 Å². The summed E-state index contributed by atoms with van der Waals surface area (Å²) in [5, 5.41) is 2.60. The molecule has 0 aliphatic carbocycles. The van der Waals surface area contributed by atoms with E-state index in [0.717, 1.165) is 0 Å². The Hall–Kier alpha value is -2.29. The smallest absolute Gasteiger partial charge is 0.243 e. The summed E-state index contributed by atoms with van der Waals surface area (Å²) in [7, 11) is -0.143. The summed E-state index contributed by atoms with van der Waals surface area (Å²) >= 11 is 0. The van der Waals surface area contributed by atoms with Crippen LogP contribution in [0.5, 0.6) is 0 Å². The van der Waals surface area contributed by atoms with Gasteiger partial charge in [0.15, 0.2) is 0 Å². The third-order valence-electron chi connectivity index (χ3n) is 3.91. The maximum absolute atomic E-state index is 14.0. The van der Waals surface area contributed by atoms with Crippen molar-refractivity contribution in [2.24, 2.45) is 0 Å². The molecule has 0 atom stereocenters. The summed E-state index contributed by atoms with van der Waals surface area (Å²) in [4.78, 5) is 13.1. The second-order valence-corrected chi connectivity index (χ2v) is 8.38. The van der Waals surface area contributed by atoms with Gasteiger partial charge in [-0.15, -0.1) is 0 Å². The minimum absolute atomic E-state index is 0.0592. The molecule has 8 heteroatoms. The lowest BCUT2D eigenvalue weighted by atomic mass is 10.2. The quantitative estimate of drug-likeness (QED) is 0.748. The number of halogens is 1. The highest BCUT2D eigenvalue weighted by molar-refractivity contribution is 7.89. The summed E-state index contributed by atoms with van der Waals surface area (Å²) in [6.45, 7) is 2.03. The topological polar surface area (TPSA) is 69.7 Å². The Balaban J connectivity index is 2.31. The van der Waals surface area contributed by atoms with Crippen LogP contribution in [0.3, 0.4) is 0 Å². The molecule has 2 aromatic carbocycles. The molecular formula is C19H24FN3O3S. The van der Waals surface area contributed by atoms with E-state index in [0.29, 0.717) is 17.8 Å². The van der Waals surface area contributed by atoms with Gasteiger partial charge in [-0.05, 0) is 44.4 Å². The lowest BCUT2D eigenvalue weighted by Gasteiger charge is -2.24. The number of carbonyl (C=O) groups excluding carboxylic acids is 1. The van der Waals surface area contributed by atoms with Crippen molar-refractivity contribution in [2.75, 3.05) is 32.5 Å². The summed E-state index contributed by atoms with van der Waals surface area (Å²) in [6.07, 6.45) is 0. The fourth-order valence-electron chi connectivity index (χ4n) is 2.47. The molecule has 27 heavy (non-hydrogen) atoms. The summed E-state index contributed by atoms with van der Waals surface area (Å²) in [6, 6.07) is 12.1. The molecular weight excluding hydrogens is 369 g/mol. The van der Waals surface area contributed by atoms with Crippen LogP contribution in [0.4, 0.5) is 10.1 Å². The van der Waals surface area contributed by atoms with E-state index in [9.17, 15) is 17.6 Å². The van der Waals surface area contributed by atoms with Gasteiger partial charge in [-0.1, -0.05) is 18.2 Å². The zero-order valence-corrected chi connectivity index (χ0v) is 16.5. The predicted octanol–water partition coefficient (Wildman–Crippen LogP) is 2.54. The molecule has 0 unspecified atom stereocenters. The highest BCUT2D eigenvalue weighted by atomic mass is 32.2. The van der Waals surface area contributed by atoms with Crippen LogP contribution >= 0.6 is 0 Å².